The molecule has 146 valence electrons. The van der Waals surface area contributed by atoms with Crippen molar-refractivity contribution in [2.45, 2.75) is 45.9 Å². The summed E-state index contributed by atoms with van der Waals surface area (Å²) in [6.07, 6.45) is -0.412. The Morgan fingerprint density at radius 2 is 1.85 bits per heavy atom. The van der Waals surface area contributed by atoms with Crippen molar-refractivity contribution in [1.82, 2.24) is 20.4 Å². The minimum Gasteiger partial charge on any atom is -0.444 e. The van der Waals surface area contributed by atoms with E-state index >= 15 is 0 Å². The molecule has 0 radical (unpaired) electrons. The molecule has 0 aliphatic carbocycles. The zero-order valence-corrected chi connectivity index (χ0v) is 16.6. The number of benzene rings is 1. The van der Waals surface area contributed by atoms with Crippen molar-refractivity contribution < 1.29 is 9.53 Å². The van der Waals surface area contributed by atoms with Crippen LogP contribution in [-0.2, 0) is 18.3 Å². The summed E-state index contributed by atoms with van der Waals surface area (Å²) in [5.41, 5.74) is 2.20. The molecule has 2 aromatic rings. The Hall–Kier alpha value is -2.67. The lowest BCUT2D eigenvalue weighted by molar-refractivity contribution is 0.0523. The van der Waals surface area contributed by atoms with Crippen LogP contribution in [0.3, 0.4) is 0 Å². The number of hydrogen-bond donors (Lipinski definition) is 2. The molecule has 1 amide bonds. The number of amides is 1. The number of alkyl carbamates (subject to hydrolysis) is 1. The van der Waals surface area contributed by atoms with Gasteiger partial charge < -0.3 is 15.4 Å². The van der Waals surface area contributed by atoms with E-state index in [4.69, 9.17) is 4.74 Å². The molecular formula is C20H28N4O3. The molecule has 0 aliphatic rings. The summed E-state index contributed by atoms with van der Waals surface area (Å²) in [5.74, 6) is 0. The molecule has 7 nitrogen and oxygen atoms in total. The fourth-order valence-corrected chi connectivity index (χ4v) is 2.36. The number of carbonyl (C=O) groups excluding carboxylic acids is 1. The van der Waals surface area contributed by atoms with E-state index in [1.165, 1.54) is 10.7 Å². The lowest BCUT2D eigenvalue weighted by atomic mass is 10.1. The Morgan fingerprint density at radius 1 is 1.19 bits per heavy atom. The first-order valence-corrected chi connectivity index (χ1v) is 8.98. The second-order valence-electron chi connectivity index (χ2n) is 7.54. The van der Waals surface area contributed by atoms with Gasteiger partial charge in [-0.3, -0.25) is 4.79 Å². The van der Waals surface area contributed by atoms with Crippen LogP contribution in [0.25, 0.3) is 11.3 Å². The number of carbonyl (C=O) groups is 1. The van der Waals surface area contributed by atoms with Gasteiger partial charge in [-0.15, -0.1) is 0 Å². The number of nitrogens with zero attached hydrogens (tertiary/aromatic N) is 2. The minimum absolute atomic E-state index is 0.0995. The number of aromatic nitrogens is 2. The molecule has 0 aliphatic heterocycles. The summed E-state index contributed by atoms with van der Waals surface area (Å²) in [6, 6.07) is 11.3. The van der Waals surface area contributed by atoms with Gasteiger partial charge in [-0.05, 0) is 39.3 Å². The van der Waals surface area contributed by atoms with E-state index in [9.17, 15) is 9.59 Å². The van der Waals surface area contributed by atoms with Crippen LogP contribution in [0.1, 0.15) is 33.3 Å². The smallest absolute Gasteiger partial charge is 0.407 e. The third-order valence-corrected chi connectivity index (χ3v) is 3.82. The van der Waals surface area contributed by atoms with Gasteiger partial charge in [0, 0.05) is 37.8 Å². The molecule has 0 bridgehead atoms. The zero-order valence-electron chi connectivity index (χ0n) is 16.6. The predicted octanol–water partition coefficient (Wildman–Crippen LogP) is 2.45. The number of ether oxygens (including phenoxy) is 1. The van der Waals surface area contributed by atoms with E-state index in [1.807, 2.05) is 52.0 Å². The molecular weight excluding hydrogens is 344 g/mol. The van der Waals surface area contributed by atoms with Crippen molar-refractivity contribution in [3.05, 3.63) is 52.3 Å². The Morgan fingerprint density at radius 3 is 2.44 bits per heavy atom. The zero-order chi connectivity index (χ0) is 20.0. The monoisotopic (exact) mass is 372 g/mol. The molecule has 0 spiro atoms. The highest BCUT2D eigenvalue weighted by Crippen LogP contribution is 2.16. The lowest BCUT2D eigenvalue weighted by Gasteiger charge is -2.21. The average molecular weight is 372 g/mol. The lowest BCUT2D eigenvalue weighted by Crippen LogP contribution is -2.40. The summed E-state index contributed by atoms with van der Waals surface area (Å²) in [6.45, 7) is 8.67. The van der Waals surface area contributed by atoms with Gasteiger partial charge in [-0.25, -0.2) is 9.48 Å². The fourth-order valence-electron chi connectivity index (χ4n) is 2.36. The first kappa shape index (κ1) is 20.6. The topological polar surface area (TPSA) is 85.3 Å². The third kappa shape index (κ3) is 6.86. The molecule has 1 aromatic heterocycles. The van der Waals surface area contributed by atoms with E-state index in [0.29, 0.717) is 13.1 Å². The molecule has 0 fully saturated rings. The van der Waals surface area contributed by atoms with Gasteiger partial charge in [0.1, 0.15) is 5.60 Å². The Bertz CT molecular complexity index is 822. The highest BCUT2D eigenvalue weighted by atomic mass is 16.6. The van der Waals surface area contributed by atoms with E-state index in [-0.39, 0.29) is 11.6 Å². The van der Waals surface area contributed by atoms with Crippen molar-refractivity contribution >= 4 is 6.09 Å². The fraction of sp³-hybridized carbons (Fsp3) is 0.450. The van der Waals surface area contributed by atoms with Crippen LogP contribution in [0.5, 0.6) is 0 Å². The quantitative estimate of drug-likeness (QED) is 0.814. The van der Waals surface area contributed by atoms with Gasteiger partial charge >= 0.3 is 6.09 Å². The average Bonchev–Trinajstić information content (AvgIpc) is 2.59. The second-order valence-corrected chi connectivity index (χ2v) is 7.54. The van der Waals surface area contributed by atoms with Crippen LogP contribution in [-0.4, -0.2) is 34.1 Å². The van der Waals surface area contributed by atoms with Crippen molar-refractivity contribution in [2.24, 2.45) is 7.05 Å². The first-order valence-electron chi connectivity index (χ1n) is 8.98. The second kappa shape index (κ2) is 8.81. The standard InChI is InChI=1S/C20H28N4O3/c1-14(12-22-19(26)27-20(2,3)4)21-13-15-6-8-16(9-7-15)17-10-11-18(25)24(5)23-17/h6-11,14,21H,12-13H2,1-5H3,(H,22,26)/t14-/m0/s1. The maximum atomic E-state index is 11.7. The van der Waals surface area contributed by atoms with Gasteiger partial charge in [0.25, 0.3) is 5.56 Å². The predicted molar refractivity (Wildman–Crippen MR) is 105 cm³/mol. The SMILES string of the molecule is C[C@@H](CNC(=O)OC(C)(C)C)NCc1ccc(-c2ccc(=O)n(C)n2)cc1. The maximum absolute atomic E-state index is 11.7. The van der Waals surface area contributed by atoms with Crippen LogP contribution in [0, 0.1) is 0 Å². The molecule has 1 atom stereocenters. The van der Waals surface area contributed by atoms with Crippen LogP contribution in [0.2, 0.25) is 0 Å². The molecule has 27 heavy (non-hydrogen) atoms. The van der Waals surface area contributed by atoms with Gasteiger partial charge in [0.15, 0.2) is 0 Å². The normalized spacial score (nSPS) is 12.5. The Kier molecular flexibility index (Phi) is 6.74. The van der Waals surface area contributed by atoms with Gasteiger partial charge in [-0.1, -0.05) is 24.3 Å². The molecule has 0 saturated heterocycles. The molecule has 0 unspecified atom stereocenters. The van der Waals surface area contributed by atoms with Crippen LogP contribution in [0.4, 0.5) is 4.79 Å². The number of nitrogens with one attached hydrogen (secondary N) is 2. The first-order chi connectivity index (χ1) is 12.6. The van der Waals surface area contributed by atoms with E-state index in [0.717, 1.165) is 16.8 Å². The summed E-state index contributed by atoms with van der Waals surface area (Å²) < 4.78 is 6.54. The van der Waals surface area contributed by atoms with Gasteiger partial charge in [0.2, 0.25) is 0 Å². The highest BCUT2D eigenvalue weighted by Gasteiger charge is 2.16. The van der Waals surface area contributed by atoms with Gasteiger partial charge in [0.05, 0.1) is 5.69 Å². The van der Waals surface area contributed by atoms with Crippen LogP contribution in [0.15, 0.2) is 41.2 Å². The molecule has 1 aromatic carbocycles. The molecule has 2 rings (SSSR count). The summed E-state index contributed by atoms with van der Waals surface area (Å²) in [4.78, 5) is 23.1. The molecule has 0 saturated carbocycles. The van der Waals surface area contributed by atoms with Crippen molar-refractivity contribution in [1.29, 1.82) is 0 Å². The number of hydrogen-bond acceptors (Lipinski definition) is 5. The summed E-state index contributed by atoms with van der Waals surface area (Å²) in [5, 5.41) is 10.4. The van der Waals surface area contributed by atoms with Crippen molar-refractivity contribution in [3.8, 4) is 11.3 Å². The molecule has 7 heteroatoms. The van der Waals surface area contributed by atoms with Crippen molar-refractivity contribution in [3.63, 3.8) is 0 Å². The van der Waals surface area contributed by atoms with Gasteiger partial charge in [-0.2, -0.15) is 5.10 Å². The molecule has 1 heterocycles. The minimum atomic E-state index is -0.498. The van der Waals surface area contributed by atoms with Crippen molar-refractivity contribution in [2.75, 3.05) is 6.54 Å². The Balaban J connectivity index is 1.83. The Labute approximate surface area is 159 Å². The summed E-state index contributed by atoms with van der Waals surface area (Å²) in [7, 11) is 1.64. The summed E-state index contributed by atoms with van der Waals surface area (Å²) >= 11 is 0. The van der Waals surface area contributed by atoms with E-state index < -0.39 is 11.7 Å². The third-order valence-electron chi connectivity index (χ3n) is 3.82. The maximum Gasteiger partial charge on any atom is 0.407 e. The van der Waals surface area contributed by atoms with Crippen LogP contribution >= 0.6 is 0 Å². The highest BCUT2D eigenvalue weighted by molar-refractivity contribution is 5.67. The van der Waals surface area contributed by atoms with E-state index in [2.05, 4.69) is 15.7 Å². The van der Waals surface area contributed by atoms with Crippen LogP contribution < -0.4 is 16.2 Å². The largest absolute Gasteiger partial charge is 0.444 e. The molecule has 2 N–H and O–H groups in total. The number of aryl methyl sites for hydroxylation is 1. The number of rotatable bonds is 6. The van der Waals surface area contributed by atoms with E-state index in [1.54, 1.807) is 13.1 Å².